The number of fused-ring (bicyclic) bond motifs is 3. The summed E-state index contributed by atoms with van der Waals surface area (Å²) in [6.07, 6.45) is 0. The Morgan fingerprint density at radius 3 is 2.09 bits per heavy atom. The van der Waals surface area contributed by atoms with Gasteiger partial charge in [0.05, 0.1) is 0 Å². The molecule has 22 heavy (non-hydrogen) atoms. The molecular formula is C17H18ClNO2S. The number of thioether (sulfide) groups is 1. The molecule has 2 aromatic carbocycles. The molecule has 0 saturated heterocycles. The molecule has 0 amide bonds. The van der Waals surface area contributed by atoms with E-state index in [1.165, 1.54) is 22.3 Å². The van der Waals surface area contributed by atoms with Crippen molar-refractivity contribution in [3.8, 4) is 11.1 Å². The molecule has 0 heterocycles. The van der Waals surface area contributed by atoms with Gasteiger partial charge in [-0.25, -0.2) is 0 Å². The number of nitrogens with two attached hydrogens (primary N) is 1. The highest BCUT2D eigenvalue weighted by molar-refractivity contribution is 7.99. The van der Waals surface area contributed by atoms with Gasteiger partial charge in [-0.3, -0.25) is 4.79 Å². The number of benzene rings is 2. The number of hydrogen-bond acceptors (Lipinski definition) is 3. The first-order valence-corrected chi connectivity index (χ1v) is 8.08. The van der Waals surface area contributed by atoms with Crippen molar-refractivity contribution in [3.63, 3.8) is 0 Å². The van der Waals surface area contributed by atoms with E-state index in [9.17, 15) is 4.79 Å². The fourth-order valence-electron chi connectivity index (χ4n) is 2.82. The summed E-state index contributed by atoms with van der Waals surface area (Å²) in [6, 6.07) is 16.1. The van der Waals surface area contributed by atoms with Gasteiger partial charge in [-0.1, -0.05) is 48.5 Å². The molecule has 0 bridgehead atoms. The predicted molar refractivity (Wildman–Crippen MR) is 93.9 cm³/mol. The van der Waals surface area contributed by atoms with Crippen LogP contribution in [0.3, 0.4) is 0 Å². The van der Waals surface area contributed by atoms with Crippen LogP contribution in [0.4, 0.5) is 0 Å². The molecule has 0 radical (unpaired) electrons. The Kier molecular flexibility index (Phi) is 5.51. The van der Waals surface area contributed by atoms with Crippen LogP contribution < -0.4 is 5.73 Å². The quantitative estimate of drug-likeness (QED) is 0.879. The van der Waals surface area contributed by atoms with Crippen LogP contribution >= 0.6 is 24.2 Å². The minimum Gasteiger partial charge on any atom is -0.480 e. The third kappa shape index (κ3) is 3.14. The van der Waals surface area contributed by atoms with E-state index < -0.39 is 12.0 Å². The second-order valence-corrected chi connectivity index (χ2v) is 6.28. The Morgan fingerprint density at radius 2 is 1.59 bits per heavy atom. The molecular weight excluding hydrogens is 318 g/mol. The van der Waals surface area contributed by atoms with Gasteiger partial charge in [0.15, 0.2) is 0 Å². The Balaban J connectivity index is 0.00000176. The van der Waals surface area contributed by atoms with Crippen molar-refractivity contribution in [2.75, 3.05) is 11.5 Å². The fraction of sp³-hybridized carbons (Fsp3) is 0.235. The zero-order chi connectivity index (χ0) is 14.8. The Hall–Kier alpha value is -1.49. The van der Waals surface area contributed by atoms with E-state index in [-0.39, 0.29) is 12.4 Å². The Labute approximate surface area is 140 Å². The summed E-state index contributed by atoms with van der Waals surface area (Å²) >= 11 is 1.61. The number of aliphatic carboxylic acids is 1. The SMILES string of the molecule is Cl.NC(CSCC1c2ccccc2-c2ccccc21)C(=O)O. The third-order valence-corrected chi connectivity index (χ3v) is 5.03. The van der Waals surface area contributed by atoms with E-state index >= 15 is 0 Å². The van der Waals surface area contributed by atoms with Gasteiger partial charge >= 0.3 is 5.97 Å². The van der Waals surface area contributed by atoms with Crippen molar-refractivity contribution >= 4 is 30.1 Å². The molecule has 3 rings (SSSR count). The van der Waals surface area contributed by atoms with Crippen LogP contribution in [0.1, 0.15) is 17.0 Å². The number of halogens is 1. The van der Waals surface area contributed by atoms with E-state index in [2.05, 4.69) is 48.5 Å². The van der Waals surface area contributed by atoms with Gasteiger partial charge in [0, 0.05) is 17.4 Å². The highest BCUT2D eigenvalue weighted by Gasteiger charge is 2.28. The van der Waals surface area contributed by atoms with Gasteiger partial charge in [0.2, 0.25) is 0 Å². The molecule has 1 aliphatic carbocycles. The number of rotatable bonds is 5. The lowest BCUT2D eigenvalue weighted by Crippen LogP contribution is -2.32. The van der Waals surface area contributed by atoms with Gasteiger partial charge in [0.1, 0.15) is 6.04 Å². The van der Waals surface area contributed by atoms with Crippen LogP contribution in [0.15, 0.2) is 48.5 Å². The van der Waals surface area contributed by atoms with Gasteiger partial charge in [0.25, 0.3) is 0 Å². The molecule has 3 nitrogen and oxygen atoms in total. The fourth-order valence-corrected chi connectivity index (χ4v) is 3.95. The molecule has 116 valence electrons. The molecule has 1 atom stereocenters. The average Bonchev–Trinajstić information content (AvgIpc) is 2.82. The summed E-state index contributed by atoms with van der Waals surface area (Å²) in [5.41, 5.74) is 10.8. The maximum atomic E-state index is 10.8. The molecule has 0 aliphatic heterocycles. The minimum absolute atomic E-state index is 0. The van der Waals surface area contributed by atoms with Gasteiger partial charge in [-0.15, -0.1) is 12.4 Å². The van der Waals surface area contributed by atoms with E-state index in [4.69, 9.17) is 10.8 Å². The molecule has 0 aromatic heterocycles. The normalized spacial score (nSPS) is 13.9. The van der Waals surface area contributed by atoms with Crippen molar-refractivity contribution < 1.29 is 9.90 Å². The molecule has 1 aliphatic rings. The van der Waals surface area contributed by atoms with Crippen LogP contribution in [0.5, 0.6) is 0 Å². The maximum absolute atomic E-state index is 10.8. The molecule has 0 saturated carbocycles. The average molecular weight is 336 g/mol. The molecule has 5 heteroatoms. The monoisotopic (exact) mass is 335 g/mol. The first-order chi connectivity index (χ1) is 10.2. The smallest absolute Gasteiger partial charge is 0.321 e. The van der Waals surface area contributed by atoms with Gasteiger partial charge in [-0.2, -0.15) is 11.8 Å². The number of carbonyl (C=O) groups is 1. The number of carboxylic acid groups (broad SMARTS) is 1. The van der Waals surface area contributed by atoms with Crippen molar-refractivity contribution in [1.82, 2.24) is 0 Å². The zero-order valence-corrected chi connectivity index (χ0v) is 13.6. The van der Waals surface area contributed by atoms with Crippen LogP contribution in [0.25, 0.3) is 11.1 Å². The highest BCUT2D eigenvalue weighted by atomic mass is 35.5. The van der Waals surface area contributed by atoms with E-state index in [0.29, 0.717) is 11.7 Å². The Bertz CT molecular complexity index is 632. The first-order valence-electron chi connectivity index (χ1n) is 6.93. The summed E-state index contributed by atoms with van der Waals surface area (Å²) < 4.78 is 0. The molecule has 3 N–H and O–H groups in total. The molecule has 0 spiro atoms. The highest BCUT2D eigenvalue weighted by Crippen LogP contribution is 2.45. The van der Waals surface area contributed by atoms with Gasteiger partial charge in [-0.05, 0) is 22.3 Å². The topological polar surface area (TPSA) is 63.3 Å². The number of hydrogen-bond donors (Lipinski definition) is 2. The second-order valence-electron chi connectivity index (χ2n) is 5.21. The van der Waals surface area contributed by atoms with Crippen LogP contribution in [0, 0.1) is 0 Å². The lowest BCUT2D eigenvalue weighted by atomic mass is 9.99. The van der Waals surface area contributed by atoms with E-state index in [1.807, 2.05) is 0 Å². The van der Waals surface area contributed by atoms with Crippen LogP contribution in [0.2, 0.25) is 0 Å². The second kappa shape index (κ2) is 7.18. The summed E-state index contributed by atoms with van der Waals surface area (Å²) in [5, 5.41) is 8.85. The van der Waals surface area contributed by atoms with E-state index in [0.717, 1.165) is 5.75 Å². The summed E-state index contributed by atoms with van der Waals surface area (Å²) in [7, 11) is 0. The molecule has 0 fully saturated rings. The minimum atomic E-state index is -0.935. The Morgan fingerprint density at radius 1 is 1.09 bits per heavy atom. The summed E-state index contributed by atoms with van der Waals surface area (Å²) in [4.78, 5) is 10.8. The molecule has 2 aromatic rings. The third-order valence-electron chi connectivity index (χ3n) is 3.86. The molecule has 1 unspecified atom stereocenters. The zero-order valence-electron chi connectivity index (χ0n) is 11.9. The number of carboxylic acids is 1. The lowest BCUT2D eigenvalue weighted by Gasteiger charge is -2.14. The largest absolute Gasteiger partial charge is 0.480 e. The lowest BCUT2D eigenvalue weighted by molar-refractivity contribution is -0.137. The standard InChI is InChI=1S/C17H17NO2S.ClH/c18-16(17(19)20)10-21-9-15-13-7-3-1-5-11(13)12-6-2-4-8-14(12)15;/h1-8,15-16H,9-10,18H2,(H,19,20);1H. The summed E-state index contributed by atoms with van der Waals surface area (Å²) in [6.45, 7) is 0. The van der Waals surface area contributed by atoms with Crippen molar-refractivity contribution in [2.45, 2.75) is 12.0 Å². The van der Waals surface area contributed by atoms with Crippen molar-refractivity contribution in [3.05, 3.63) is 59.7 Å². The predicted octanol–water partition coefficient (Wildman–Crippen LogP) is 3.37. The van der Waals surface area contributed by atoms with Crippen molar-refractivity contribution in [1.29, 1.82) is 0 Å². The van der Waals surface area contributed by atoms with E-state index in [1.54, 1.807) is 11.8 Å². The van der Waals surface area contributed by atoms with Crippen molar-refractivity contribution in [2.24, 2.45) is 5.73 Å². The summed E-state index contributed by atoms with van der Waals surface area (Å²) in [5.74, 6) is 0.684. The van der Waals surface area contributed by atoms with Gasteiger partial charge < -0.3 is 10.8 Å². The van der Waals surface area contributed by atoms with Crippen LogP contribution in [-0.2, 0) is 4.79 Å². The maximum Gasteiger partial charge on any atom is 0.321 e. The van der Waals surface area contributed by atoms with Crippen LogP contribution in [-0.4, -0.2) is 28.6 Å². The first kappa shape index (κ1) is 16.9.